The molecule has 10 nitrogen and oxygen atoms in total. The monoisotopic (exact) mass is 506 g/mol. The van der Waals surface area contributed by atoms with Crippen LogP contribution in [0.3, 0.4) is 0 Å². The smallest absolute Gasteiger partial charge is 0.255 e. The molecule has 3 fully saturated rings. The van der Waals surface area contributed by atoms with Gasteiger partial charge in [0.05, 0.1) is 12.5 Å². The number of hydrogen-bond acceptors (Lipinski definition) is 7. The van der Waals surface area contributed by atoms with Gasteiger partial charge in [-0.05, 0) is 82.8 Å². The second-order valence-corrected chi connectivity index (χ2v) is 11.1. The van der Waals surface area contributed by atoms with Gasteiger partial charge in [0.2, 0.25) is 17.7 Å². The van der Waals surface area contributed by atoms with Crippen LogP contribution in [-0.4, -0.2) is 82.8 Å². The fourth-order valence-corrected chi connectivity index (χ4v) is 6.07. The lowest BCUT2D eigenvalue weighted by atomic mass is 9.88. The Balaban J connectivity index is 1.96. The number of nitrogens with two attached hydrogens (primary N) is 3. The van der Waals surface area contributed by atoms with Gasteiger partial charge in [0.15, 0.2) is 0 Å². The van der Waals surface area contributed by atoms with Gasteiger partial charge in [-0.2, -0.15) is 0 Å². The molecule has 2 heterocycles. The topological polar surface area (TPSA) is 156 Å². The van der Waals surface area contributed by atoms with E-state index < -0.39 is 11.7 Å². The zero-order valence-electron chi connectivity index (χ0n) is 22.1. The fourth-order valence-electron chi connectivity index (χ4n) is 6.07. The van der Waals surface area contributed by atoms with Crippen molar-refractivity contribution >= 4 is 23.6 Å². The summed E-state index contributed by atoms with van der Waals surface area (Å²) in [4.78, 5) is 59.3. The van der Waals surface area contributed by atoms with Crippen LogP contribution >= 0.6 is 0 Å². The number of nitrogens with zero attached hydrogens (tertiary/aromatic N) is 3. The molecule has 1 aliphatic carbocycles. The number of piperazine rings is 1. The number of unbranched alkanes of at least 4 members (excludes halogenated alkanes) is 2. The summed E-state index contributed by atoms with van der Waals surface area (Å²) in [5, 5.41) is 0. The molecule has 1 unspecified atom stereocenters. The van der Waals surface area contributed by atoms with Crippen LogP contribution in [0.4, 0.5) is 0 Å². The number of imide groups is 1. The van der Waals surface area contributed by atoms with Gasteiger partial charge >= 0.3 is 0 Å². The van der Waals surface area contributed by atoms with Gasteiger partial charge in [0.25, 0.3) is 5.91 Å². The van der Waals surface area contributed by atoms with Gasteiger partial charge in [-0.3, -0.25) is 24.1 Å². The van der Waals surface area contributed by atoms with Crippen molar-refractivity contribution in [3.63, 3.8) is 0 Å². The molecule has 36 heavy (non-hydrogen) atoms. The van der Waals surface area contributed by atoms with Gasteiger partial charge in [-0.25, -0.2) is 0 Å². The van der Waals surface area contributed by atoms with Crippen molar-refractivity contribution in [3.05, 3.63) is 0 Å². The summed E-state index contributed by atoms with van der Waals surface area (Å²) in [7, 11) is 0. The molecule has 1 saturated carbocycles. The first kappa shape index (κ1) is 28.5. The summed E-state index contributed by atoms with van der Waals surface area (Å²) in [6, 6.07) is 0. The van der Waals surface area contributed by atoms with Crippen molar-refractivity contribution in [2.45, 2.75) is 89.8 Å². The van der Waals surface area contributed by atoms with E-state index in [1.807, 2.05) is 0 Å². The van der Waals surface area contributed by atoms with Crippen LogP contribution in [0.15, 0.2) is 0 Å². The molecular formula is C26H46N6O4. The van der Waals surface area contributed by atoms with Crippen molar-refractivity contribution < 1.29 is 19.2 Å². The maximum absolute atomic E-state index is 13.9. The minimum atomic E-state index is -1.05. The third-order valence-corrected chi connectivity index (χ3v) is 7.95. The van der Waals surface area contributed by atoms with E-state index in [2.05, 4.69) is 13.8 Å². The number of carbonyl (C=O) groups is 4. The molecule has 1 spiro atoms. The zero-order chi connectivity index (χ0) is 26.5. The van der Waals surface area contributed by atoms with Crippen molar-refractivity contribution in [2.24, 2.45) is 35.0 Å². The van der Waals surface area contributed by atoms with Gasteiger partial charge in [-0.1, -0.05) is 13.8 Å². The van der Waals surface area contributed by atoms with Crippen LogP contribution in [-0.2, 0) is 19.2 Å². The number of rotatable bonds is 13. The van der Waals surface area contributed by atoms with E-state index in [-0.39, 0.29) is 54.3 Å². The lowest BCUT2D eigenvalue weighted by Gasteiger charge is -2.55. The maximum Gasteiger partial charge on any atom is 0.255 e. The first-order valence-corrected chi connectivity index (χ1v) is 13.8. The average Bonchev–Trinajstić information content (AvgIpc) is 3.55. The molecule has 3 aliphatic rings. The Kier molecular flexibility index (Phi) is 9.88. The second kappa shape index (κ2) is 12.5. The molecule has 4 atom stereocenters. The Morgan fingerprint density at radius 1 is 0.917 bits per heavy atom. The Labute approximate surface area is 215 Å². The average molecular weight is 507 g/mol. The van der Waals surface area contributed by atoms with Crippen molar-refractivity contribution in [2.75, 3.05) is 32.7 Å². The zero-order valence-corrected chi connectivity index (χ0v) is 22.1. The minimum absolute atomic E-state index is 0.0361. The van der Waals surface area contributed by atoms with Crippen LogP contribution in [0, 0.1) is 17.8 Å². The predicted molar refractivity (Wildman–Crippen MR) is 137 cm³/mol. The van der Waals surface area contributed by atoms with Crippen molar-refractivity contribution in [1.29, 1.82) is 0 Å². The number of hydrogen-bond donors (Lipinski definition) is 3. The first-order valence-electron chi connectivity index (χ1n) is 13.8. The molecule has 3 rings (SSSR count). The molecule has 0 radical (unpaired) electrons. The molecule has 10 heteroatoms. The maximum atomic E-state index is 13.9. The van der Waals surface area contributed by atoms with Gasteiger partial charge in [0.1, 0.15) is 11.7 Å². The minimum Gasteiger partial charge on any atom is -0.330 e. The Bertz CT molecular complexity index is 820. The molecule has 0 aromatic carbocycles. The van der Waals surface area contributed by atoms with E-state index in [0.29, 0.717) is 71.1 Å². The van der Waals surface area contributed by atoms with Crippen LogP contribution < -0.4 is 17.2 Å². The number of amides is 4. The molecule has 6 N–H and O–H groups in total. The van der Waals surface area contributed by atoms with E-state index in [1.54, 1.807) is 9.80 Å². The summed E-state index contributed by atoms with van der Waals surface area (Å²) < 4.78 is 0. The van der Waals surface area contributed by atoms with E-state index in [0.717, 1.165) is 12.8 Å². The van der Waals surface area contributed by atoms with Crippen LogP contribution in [0.5, 0.6) is 0 Å². The van der Waals surface area contributed by atoms with Crippen LogP contribution in [0.25, 0.3) is 0 Å². The highest BCUT2D eigenvalue weighted by atomic mass is 16.2. The summed E-state index contributed by atoms with van der Waals surface area (Å²) in [6.45, 7) is 5.99. The molecule has 0 bridgehead atoms. The molecule has 2 aliphatic heterocycles. The fraction of sp³-hybridized carbons (Fsp3) is 0.846. The summed E-state index contributed by atoms with van der Waals surface area (Å²) in [5.41, 5.74) is 15.9. The molecule has 204 valence electrons. The number of carbonyl (C=O) groups excluding carboxylic acids is 4. The van der Waals surface area contributed by atoms with Crippen molar-refractivity contribution in [3.8, 4) is 0 Å². The summed E-state index contributed by atoms with van der Waals surface area (Å²) in [5.74, 6) is -0.762. The molecule has 0 aromatic heterocycles. The standard InChI is InChI=1S/C26H46N6O4/c1-18(2)14-19-16-30(22(33)9-3-5-11-27)21-17-31(23(34)10-4-6-12-28)25(36)26(32(21)24(19)35)15-20(26)8-7-13-29/h18-21H,3-17,27-29H2,1-2H3/t19-,20-,21+,26?/m0/s1. The summed E-state index contributed by atoms with van der Waals surface area (Å²) >= 11 is 0. The van der Waals surface area contributed by atoms with Gasteiger partial charge < -0.3 is 27.0 Å². The molecule has 2 saturated heterocycles. The lowest BCUT2D eigenvalue weighted by Crippen LogP contribution is -2.75. The van der Waals surface area contributed by atoms with E-state index in [1.165, 1.54) is 4.90 Å². The normalized spacial score (nSPS) is 27.7. The van der Waals surface area contributed by atoms with Crippen LogP contribution in [0.1, 0.15) is 78.1 Å². The van der Waals surface area contributed by atoms with E-state index >= 15 is 0 Å². The Morgan fingerprint density at radius 3 is 2.11 bits per heavy atom. The van der Waals surface area contributed by atoms with Crippen LogP contribution in [0.2, 0.25) is 0 Å². The highest BCUT2D eigenvalue weighted by Gasteiger charge is 2.71. The highest BCUT2D eigenvalue weighted by molar-refractivity contribution is 6.05. The predicted octanol–water partition coefficient (Wildman–Crippen LogP) is 0.770. The van der Waals surface area contributed by atoms with E-state index in [9.17, 15) is 19.2 Å². The first-order chi connectivity index (χ1) is 17.2. The van der Waals surface area contributed by atoms with E-state index in [4.69, 9.17) is 17.2 Å². The third kappa shape index (κ3) is 5.75. The largest absolute Gasteiger partial charge is 0.330 e. The quantitative estimate of drug-likeness (QED) is 0.311. The Morgan fingerprint density at radius 2 is 1.53 bits per heavy atom. The highest BCUT2D eigenvalue weighted by Crippen LogP contribution is 2.56. The summed E-state index contributed by atoms with van der Waals surface area (Å²) in [6.07, 6.45) is 5.30. The Hall–Kier alpha value is -2.04. The molecule has 4 amide bonds. The second-order valence-electron chi connectivity index (χ2n) is 11.1. The number of fused-ring (bicyclic) bond motifs is 2. The SMILES string of the molecule is CC(C)C[C@H]1CN(C(=O)CCCCN)[C@H]2CN(C(=O)CCCCN)C(=O)C3(C[C@@H]3CCCN)N2C1=O. The van der Waals surface area contributed by atoms with Gasteiger partial charge in [0, 0.05) is 19.4 Å². The molecule has 0 aromatic rings. The molecular weight excluding hydrogens is 460 g/mol. The lowest BCUT2D eigenvalue weighted by molar-refractivity contribution is -0.186. The third-order valence-electron chi connectivity index (χ3n) is 7.95. The van der Waals surface area contributed by atoms with Crippen molar-refractivity contribution in [1.82, 2.24) is 14.7 Å². The van der Waals surface area contributed by atoms with Gasteiger partial charge in [-0.15, -0.1) is 0 Å².